The van der Waals surface area contributed by atoms with E-state index in [9.17, 15) is 9.90 Å². The molecule has 2 atom stereocenters. The van der Waals surface area contributed by atoms with Crippen molar-refractivity contribution in [1.82, 2.24) is 0 Å². The predicted octanol–water partition coefficient (Wildman–Crippen LogP) is 4.06. The molecule has 0 unspecified atom stereocenters. The van der Waals surface area contributed by atoms with Gasteiger partial charge in [0.2, 0.25) is 0 Å². The van der Waals surface area contributed by atoms with Crippen molar-refractivity contribution in [2.45, 2.75) is 18.8 Å². The first-order valence-corrected chi connectivity index (χ1v) is 7.30. The third kappa shape index (κ3) is 2.75. The first-order chi connectivity index (χ1) is 10.3. The van der Waals surface area contributed by atoms with E-state index in [2.05, 4.69) is 0 Å². The van der Waals surface area contributed by atoms with Crippen LogP contribution in [-0.4, -0.2) is 10.9 Å². The fourth-order valence-corrected chi connectivity index (χ4v) is 3.11. The molecule has 106 valence electrons. The van der Waals surface area contributed by atoms with Crippen LogP contribution in [-0.2, 0) is 4.79 Å². The number of aromatic hydroxyl groups is 1. The summed E-state index contributed by atoms with van der Waals surface area (Å²) in [5.74, 6) is 0.211. The van der Waals surface area contributed by atoms with Gasteiger partial charge in [0, 0.05) is 17.4 Å². The lowest BCUT2D eigenvalue weighted by atomic mass is 9.74. The molecule has 0 aromatic heterocycles. The first kappa shape index (κ1) is 13.6. The van der Waals surface area contributed by atoms with Crippen LogP contribution in [0, 0.1) is 5.92 Å². The molecule has 1 N–H and O–H groups in total. The van der Waals surface area contributed by atoms with Crippen LogP contribution in [0.25, 0.3) is 0 Å². The number of rotatable bonds is 3. The molecule has 0 bridgehead atoms. The second-order valence-electron chi connectivity index (χ2n) is 5.44. The lowest BCUT2D eigenvalue weighted by molar-refractivity contribution is -0.119. The van der Waals surface area contributed by atoms with Gasteiger partial charge in [-0.1, -0.05) is 54.6 Å². The quantitative estimate of drug-likeness (QED) is 0.919. The standard InChI is InChI=1S/C19H18O2/c20-17-12-6-4-10-15(17)19(14-8-2-1-3-9-14)16-11-5-7-13-18(16)21/h1-4,6-10,12-13,16,19-20H,5,11H2/t16-,19+/m1/s1. The fraction of sp³-hybridized carbons (Fsp3) is 0.211. The molecule has 1 aliphatic rings. The normalized spacial score (nSPS) is 19.4. The van der Waals surface area contributed by atoms with Crippen molar-refractivity contribution in [3.8, 4) is 5.75 Å². The third-order valence-electron chi connectivity index (χ3n) is 4.12. The van der Waals surface area contributed by atoms with E-state index in [1.54, 1.807) is 12.1 Å². The van der Waals surface area contributed by atoms with Crippen LogP contribution in [0.5, 0.6) is 5.75 Å². The molecule has 1 aliphatic carbocycles. The Labute approximate surface area is 124 Å². The van der Waals surface area contributed by atoms with Gasteiger partial charge in [-0.25, -0.2) is 0 Å². The smallest absolute Gasteiger partial charge is 0.159 e. The zero-order valence-electron chi connectivity index (χ0n) is 11.8. The highest BCUT2D eigenvalue weighted by atomic mass is 16.3. The molecule has 3 rings (SSSR count). The molecular weight excluding hydrogens is 260 g/mol. The van der Waals surface area contributed by atoms with Crippen molar-refractivity contribution in [3.05, 3.63) is 77.9 Å². The zero-order valence-corrected chi connectivity index (χ0v) is 11.8. The van der Waals surface area contributed by atoms with Gasteiger partial charge in [0.05, 0.1) is 0 Å². The van der Waals surface area contributed by atoms with Crippen molar-refractivity contribution < 1.29 is 9.90 Å². The Morgan fingerprint density at radius 3 is 2.43 bits per heavy atom. The number of para-hydroxylation sites is 1. The van der Waals surface area contributed by atoms with Crippen LogP contribution in [0.2, 0.25) is 0 Å². The summed E-state index contributed by atoms with van der Waals surface area (Å²) in [5, 5.41) is 10.2. The Morgan fingerprint density at radius 2 is 1.71 bits per heavy atom. The Hall–Kier alpha value is -2.35. The first-order valence-electron chi connectivity index (χ1n) is 7.30. The number of benzene rings is 2. The van der Waals surface area contributed by atoms with Crippen molar-refractivity contribution in [2.24, 2.45) is 5.92 Å². The van der Waals surface area contributed by atoms with E-state index in [0.29, 0.717) is 0 Å². The Morgan fingerprint density at radius 1 is 1.00 bits per heavy atom. The van der Waals surface area contributed by atoms with Gasteiger partial charge in [0.1, 0.15) is 5.75 Å². The van der Waals surface area contributed by atoms with E-state index in [1.807, 2.05) is 54.6 Å². The van der Waals surface area contributed by atoms with Crippen LogP contribution in [0.15, 0.2) is 66.7 Å². The Balaban J connectivity index is 2.10. The van der Waals surface area contributed by atoms with E-state index in [1.165, 1.54) is 0 Å². The number of ketones is 1. The van der Waals surface area contributed by atoms with Crippen molar-refractivity contribution >= 4 is 5.78 Å². The average Bonchev–Trinajstić information content (AvgIpc) is 2.52. The molecule has 0 saturated heterocycles. The van der Waals surface area contributed by atoms with Gasteiger partial charge in [-0.2, -0.15) is 0 Å². The zero-order chi connectivity index (χ0) is 14.7. The summed E-state index contributed by atoms with van der Waals surface area (Å²) in [4.78, 5) is 12.3. The van der Waals surface area contributed by atoms with E-state index >= 15 is 0 Å². The summed E-state index contributed by atoms with van der Waals surface area (Å²) >= 11 is 0. The fourth-order valence-electron chi connectivity index (χ4n) is 3.11. The maximum absolute atomic E-state index is 12.3. The summed E-state index contributed by atoms with van der Waals surface area (Å²) in [7, 11) is 0. The topological polar surface area (TPSA) is 37.3 Å². The molecule has 0 saturated carbocycles. The summed E-state index contributed by atoms with van der Waals surface area (Å²) in [6.45, 7) is 0. The lowest BCUT2D eigenvalue weighted by Gasteiger charge is -2.28. The minimum atomic E-state index is -0.106. The molecule has 0 aliphatic heterocycles. The molecule has 21 heavy (non-hydrogen) atoms. The number of hydrogen-bond donors (Lipinski definition) is 1. The largest absolute Gasteiger partial charge is 0.508 e. The summed E-state index contributed by atoms with van der Waals surface area (Å²) < 4.78 is 0. The molecule has 0 radical (unpaired) electrons. The summed E-state index contributed by atoms with van der Waals surface area (Å²) in [6.07, 6.45) is 5.35. The summed E-state index contributed by atoms with van der Waals surface area (Å²) in [6, 6.07) is 17.3. The number of phenols is 1. The molecule has 2 nitrogen and oxygen atoms in total. The number of carbonyl (C=O) groups excluding carboxylic acids is 1. The minimum Gasteiger partial charge on any atom is -0.508 e. The summed E-state index contributed by atoms with van der Waals surface area (Å²) in [5.41, 5.74) is 1.91. The van der Waals surface area contributed by atoms with Gasteiger partial charge in [0.15, 0.2) is 5.78 Å². The molecule has 2 aromatic rings. The minimum absolute atomic E-state index is 0.0927. The van der Waals surface area contributed by atoms with Gasteiger partial charge in [0.25, 0.3) is 0 Å². The molecule has 2 aromatic carbocycles. The van der Waals surface area contributed by atoms with E-state index in [-0.39, 0.29) is 23.4 Å². The second kappa shape index (κ2) is 5.96. The highest BCUT2D eigenvalue weighted by Crippen LogP contribution is 2.40. The number of allylic oxidation sites excluding steroid dienone is 2. The van der Waals surface area contributed by atoms with Gasteiger partial charge in [-0.05, 0) is 30.5 Å². The molecular formula is C19H18O2. The van der Waals surface area contributed by atoms with E-state index in [0.717, 1.165) is 24.0 Å². The van der Waals surface area contributed by atoms with Gasteiger partial charge in [-0.3, -0.25) is 4.79 Å². The van der Waals surface area contributed by atoms with Crippen molar-refractivity contribution in [1.29, 1.82) is 0 Å². The van der Waals surface area contributed by atoms with Crippen molar-refractivity contribution in [2.75, 3.05) is 0 Å². The van der Waals surface area contributed by atoms with Crippen molar-refractivity contribution in [3.63, 3.8) is 0 Å². The van der Waals surface area contributed by atoms with E-state index in [4.69, 9.17) is 0 Å². The number of phenolic OH excluding ortho intramolecular Hbond substituents is 1. The van der Waals surface area contributed by atoms with Crippen LogP contribution >= 0.6 is 0 Å². The molecule has 0 fully saturated rings. The Kier molecular flexibility index (Phi) is 3.87. The van der Waals surface area contributed by atoms with Gasteiger partial charge >= 0.3 is 0 Å². The molecule has 0 heterocycles. The van der Waals surface area contributed by atoms with Crippen LogP contribution < -0.4 is 0 Å². The second-order valence-corrected chi connectivity index (χ2v) is 5.44. The van der Waals surface area contributed by atoms with Crippen LogP contribution in [0.1, 0.15) is 29.9 Å². The van der Waals surface area contributed by atoms with Crippen LogP contribution in [0.3, 0.4) is 0 Å². The van der Waals surface area contributed by atoms with E-state index < -0.39 is 0 Å². The SMILES string of the molecule is O=C1C=CCC[C@H]1[C@@H](c1ccccc1)c1ccccc1O. The maximum Gasteiger partial charge on any atom is 0.159 e. The molecule has 0 spiro atoms. The predicted molar refractivity (Wildman–Crippen MR) is 83.3 cm³/mol. The van der Waals surface area contributed by atoms with Gasteiger partial charge in [-0.15, -0.1) is 0 Å². The number of hydrogen-bond acceptors (Lipinski definition) is 2. The highest BCUT2D eigenvalue weighted by molar-refractivity contribution is 5.93. The monoisotopic (exact) mass is 278 g/mol. The molecule has 2 heteroatoms. The maximum atomic E-state index is 12.3. The number of carbonyl (C=O) groups is 1. The average molecular weight is 278 g/mol. The highest BCUT2D eigenvalue weighted by Gasteiger charge is 2.31. The lowest BCUT2D eigenvalue weighted by Crippen LogP contribution is -2.24. The van der Waals surface area contributed by atoms with Crippen LogP contribution in [0.4, 0.5) is 0 Å². The molecule has 0 amide bonds. The Bertz CT molecular complexity index is 658. The third-order valence-corrected chi connectivity index (χ3v) is 4.12. The van der Waals surface area contributed by atoms with Gasteiger partial charge < -0.3 is 5.11 Å².